The molecule has 2 amide bonds. The largest absolute Gasteiger partial charge is 0.334 e. The average Bonchev–Trinajstić information content (AvgIpc) is 3.04. The quantitative estimate of drug-likeness (QED) is 0.816. The maximum absolute atomic E-state index is 12.0. The first-order valence-corrected chi connectivity index (χ1v) is 6.51. The lowest BCUT2D eigenvalue weighted by molar-refractivity contribution is 0.218. The van der Waals surface area contributed by atoms with E-state index in [1.54, 1.807) is 9.85 Å². The highest BCUT2D eigenvalue weighted by atomic mass is 32.2. The lowest BCUT2D eigenvalue weighted by Gasteiger charge is -2.21. The van der Waals surface area contributed by atoms with Crippen LogP contribution in [0, 0.1) is 0 Å². The number of carbonyl (C=O) groups excluding carboxylic acids is 1. The van der Waals surface area contributed by atoms with Gasteiger partial charge in [-0.2, -0.15) is 0 Å². The molecule has 1 saturated carbocycles. The molecule has 1 fully saturated rings. The van der Waals surface area contributed by atoms with Gasteiger partial charge in [-0.05, 0) is 18.4 Å². The van der Waals surface area contributed by atoms with Gasteiger partial charge in [0.25, 0.3) is 0 Å². The molecule has 88 valence electrons. The van der Waals surface area contributed by atoms with E-state index in [0.717, 1.165) is 18.4 Å². The molecule has 1 unspecified atom stereocenters. The van der Waals surface area contributed by atoms with Gasteiger partial charge in [0.2, 0.25) is 0 Å². The fourth-order valence-electron chi connectivity index (χ4n) is 1.73. The Morgan fingerprint density at radius 1 is 1.35 bits per heavy atom. The van der Waals surface area contributed by atoms with E-state index in [1.807, 2.05) is 30.3 Å². The molecule has 3 rings (SSSR count). The standard InChI is InChI=1S/C12H13N3OS/c16-12(14-10-6-7-10)15-11(13-8-17-15)9-4-2-1-3-5-9/h1-5,8,10-11H,6-7H2,(H,14,16). The number of benzene rings is 1. The Labute approximate surface area is 104 Å². The maximum Gasteiger partial charge on any atom is 0.330 e. The van der Waals surface area contributed by atoms with Crippen molar-refractivity contribution in [1.29, 1.82) is 0 Å². The topological polar surface area (TPSA) is 44.7 Å². The first kappa shape index (κ1) is 10.7. The number of hydrogen-bond donors (Lipinski definition) is 1. The third kappa shape index (κ3) is 2.29. The highest BCUT2D eigenvalue weighted by Crippen LogP contribution is 2.33. The van der Waals surface area contributed by atoms with Gasteiger partial charge >= 0.3 is 6.03 Å². The molecule has 17 heavy (non-hydrogen) atoms. The molecule has 0 saturated heterocycles. The molecule has 0 aromatic heterocycles. The van der Waals surface area contributed by atoms with Crippen molar-refractivity contribution < 1.29 is 4.79 Å². The molecule has 0 spiro atoms. The fraction of sp³-hybridized carbons (Fsp3) is 0.333. The second-order valence-corrected chi connectivity index (χ2v) is 5.01. The van der Waals surface area contributed by atoms with Crippen LogP contribution < -0.4 is 5.32 Å². The van der Waals surface area contributed by atoms with Crippen molar-refractivity contribution in [2.24, 2.45) is 4.99 Å². The molecule has 5 heteroatoms. The van der Waals surface area contributed by atoms with E-state index >= 15 is 0 Å². The van der Waals surface area contributed by atoms with Crippen LogP contribution in [0.1, 0.15) is 24.6 Å². The summed E-state index contributed by atoms with van der Waals surface area (Å²) in [5.41, 5.74) is 2.77. The molecule has 4 nitrogen and oxygen atoms in total. The van der Waals surface area contributed by atoms with Crippen LogP contribution in [-0.4, -0.2) is 21.9 Å². The number of nitrogens with one attached hydrogen (secondary N) is 1. The number of nitrogens with zero attached hydrogens (tertiary/aromatic N) is 2. The molecule has 1 atom stereocenters. The Morgan fingerprint density at radius 2 is 2.12 bits per heavy atom. The summed E-state index contributed by atoms with van der Waals surface area (Å²) in [6, 6.07) is 10.2. The van der Waals surface area contributed by atoms with E-state index in [9.17, 15) is 4.79 Å². The number of rotatable bonds is 2. The van der Waals surface area contributed by atoms with Gasteiger partial charge in [-0.25, -0.2) is 9.10 Å². The van der Waals surface area contributed by atoms with Crippen molar-refractivity contribution in [1.82, 2.24) is 9.62 Å². The van der Waals surface area contributed by atoms with Crippen molar-refractivity contribution in [3.63, 3.8) is 0 Å². The molecule has 1 N–H and O–H groups in total. The number of hydrogen-bond acceptors (Lipinski definition) is 3. The van der Waals surface area contributed by atoms with Gasteiger partial charge in [0.15, 0.2) is 6.17 Å². The summed E-state index contributed by atoms with van der Waals surface area (Å²) in [4.78, 5) is 16.3. The van der Waals surface area contributed by atoms with Gasteiger partial charge in [-0.1, -0.05) is 30.3 Å². The predicted octanol–water partition coefficient (Wildman–Crippen LogP) is 2.55. The van der Waals surface area contributed by atoms with E-state index in [1.165, 1.54) is 11.9 Å². The van der Waals surface area contributed by atoms with E-state index < -0.39 is 0 Å². The predicted molar refractivity (Wildman–Crippen MR) is 68.7 cm³/mol. The van der Waals surface area contributed by atoms with Gasteiger partial charge in [0.1, 0.15) is 0 Å². The third-order valence-corrected chi connectivity index (χ3v) is 3.60. The summed E-state index contributed by atoms with van der Waals surface area (Å²) >= 11 is 1.35. The number of carbonyl (C=O) groups is 1. The Kier molecular flexibility index (Phi) is 2.76. The van der Waals surface area contributed by atoms with E-state index in [2.05, 4.69) is 10.3 Å². The second kappa shape index (κ2) is 4.41. The molecule has 1 aliphatic heterocycles. The molecule has 1 aliphatic carbocycles. The molecule has 0 bridgehead atoms. The lowest BCUT2D eigenvalue weighted by atomic mass is 10.2. The van der Waals surface area contributed by atoms with Gasteiger partial charge in [0, 0.05) is 18.0 Å². The molecular formula is C12H13N3OS. The minimum absolute atomic E-state index is 0.0381. The number of urea groups is 1. The second-order valence-electron chi connectivity index (χ2n) is 4.19. The fourth-order valence-corrected chi connectivity index (χ4v) is 2.44. The zero-order valence-corrected chi connectivity index (χ0v) is 10.1. The summed E-state index contributed by atoms with van der Waals surface area (Å²) in [6.45, 7) is 0. The highest BCUT2D eigenvalue weighted by molar-refractivity contribution is 8.10. The molecule has 0 radical (unpaired) electrons. The zero-order valence-electron chi connectivity index (χ0n) is 9.24. The molecule has 1 heterocycles. The monoisotopic (exact) mass is 247 g/mol. The highest BCUT2D eigenvalue weighted by Gasteiger charge is 2.32. The van der Waals surface area contributed by atoms with Gasteiger partial charge < -0.3 is 5.32 Å². The van der Waals surface area contributed by atoms with Crippen molar-refractivity contribution in [3.8, 4) is 0 Å². The van der Waals surface area contributed by atoms with Crippen molar-refractivity contribution in [2.75, 3.05) is 0 Å². The maximum atomic E-state index is 12.0. The first-order chi connectivity index (χ1) is 8.34. The van der Waals surface area contributed by atoms with Crippen LogP contribution in [0.2, 0.25) is 0 Å². The number of amides is 2. The van der Waals surface area contributed by atoms with Gasteiger partial charge in [-0.3, -0.25) is 4.99 Å². The third-order valence-electron chi connectivity index (χ3n) is 2.79. The summed E-state index contributed by atoms with van der Waals surface area (Å²) in [5, 5.41) is 2.98. The van der Waals surface area contributed by atoms with E-state index in [4.69, 9.17) is 0 Å². The van der Waals surface area contributed by atoms with Crippen molar-refractivity contribution in [3.05, 3.63) is 35.9 Å². The summed E-state index contributed by atoms with van der Waals surface area (Å²) in [5.74, 6) is 0. The summed E-state index contributed by atoms with van der Waals surface area (Å²) in [6.07, 6.45) is 2.00. The van der Waals surface area contributed by atoms with E-state index in [-0.39, 0.29) is 12.2 Å². The van der Waals surface area contributed by atoms with Crippen molar-refractivity contribution >= 4 is 23.5 Å². The molecule has 2 aliphatic rings. The molecular weight excluding hydrogens is 234 g/mol. The SMILES string of the molecule is O=C(NC1CC1)N1SC=NC1c1ccccc1. The van der Waals surface area contributed by atoms with Crippen LogP contribution in [-0.2, 0) is 0 Å². The van der Waals surface area contributed by atoms with Crippen LogP contribution in [0.5, 0.6) is 0 Å². The normalized spacial score (nSPS) is 22.8. The minimum atomic E-state index is -0.194. The van der Waals surface area contributed by atoms with Crippen molar-refractivity contribution in [2.45, 2.75) is 25.0 Å². The van der Waals surface area contributed by atoms with Crippen LogP contribution in [0.3, 0.4) is 0 Å². The Balaban J connectivity index is 1.74. The summed E-state index contributed by atoms with van der Waals surface area (Å²) < 4.78 is 1.69. The Bertz CT molecular complexity index is 444. The molecule has 1 aromatic rings. The molecule has 1 aromatic carbocycles. The zero-order chi connectivity index (χ0) is 11.7. The minimum Gasteiger partial charge on any atom is -0.334 e. The first-order valence-electron chi connectivity index (χ1n) is 5.68. The van der Waals surface area contributed by atoms with E-state index in [0.29, 0.717) is 6.04 Å². The smallest absolute Gasteiger partial charge is 0.330 e. The lowest BCUT2D eigenvalue weighted by Crippen LogP contribution is -2.37. The Hall–Kier alpha value is -1.49. The summed E-state index contributed by atoms with van der Waals surface area (Å²) in [7, 11) is 0. The number of aliphatic imine (C=N–C) groups is 1. The van der Waals surface area contributed by atoms with Crippen LogP contribution >= 0.6 is 11.9 Å². The average molecular weight is 247 g/mol. The van der Waals surface area contributed by atoms with Gasteiger partial charge in [0.05, 0.1) is 5.55 Å². The van der Waals surface area contributed by atoms with Gasteiger partial charge in [-0.15, -0.1) is 0 Å². The van der Waals surface area contributed by atoms with Crippen LogP contribution in [0.15, 0.2) is 35.3 Å². The van der Waals surface area contributed by atoms with Crippen LogP contribution in [0.25, 0.3) is 0 Å². The van der Waals surface area contributed by atoms with Crippen LogP contribution in [0.4, 0.5) is 4.79 Å². The Morgan fingerprint density at radius 3 is 2.82 bits per heavy atom.